The summed E-state index contributed by atoms with van der Waals surface area (Å²) in [6.07, 6.45) is 3.86. The van der Waals surface area contributed by atoms with Gasteiger partial charge in [0.1, 0.15) is 5.75 Å². The Kier molecular flexibility index (Phi) is 2.94. The summed E-state index contributed by atoms with van der Waals surface area (Å²) in [5, 5.41) is 0. The van der Waals surface area contributed by atoms with Gasteiger partial charge in [0.2, 0.25) is 0 Å². The molecule has 1 heterocycles. The van der Waals surface area contributed by atoms with Crippen molar-refractivity contribution < 1.29 is 4.74 Å². The van der Waals surface area contributed by atoms with Crippen LogP contribution in [0, 0.1) is 0 Å². The van der Waals surface area contributed by atoms with Gasteiger partial charge in [0.15, 0.2) is 0 Å². The zero-order chi connectivity index (χ0) is 10.8. The lowest BCUT2D eigenvalue weighted by molar-refractivity contribution is 0.302. The minimum Gasteiger partial charge on any atom is -0.490 e. The molecule has 1 saturated carbocycles. The number of hydrogen-bond acceptors (Lipinski definition) is 2. The average molecular weight is 205 g/mol. The molecule has 1 aromatic rings. The number of rotatable bonds is 4. The Morgan fingerprint density at radius 2 is 2.13 bits per heavy atom. The van der Waals surface area contributed by atoms with Gasteiger partial charge in [-0.25, -0.2) is 0 Å². The lowest BCUT2D eigenvalue weighted by Crippen LogP contribution is -2.02. The molecule has 0 saturated heterocycles. The number of aryl methyl sites for hydroxylation is 1. The van der Waals surface area contributed by atoms with Gasteiger partial charge in [-0.05, 0) is 25.2 Å². The quantitative estimate of drug-likeness (QED) is 0.752. The van der Waals surface area contributed by atoms with E-state index in [4.69, 9.17) is 4.74 Å². The summed E-state index contributed by atoms with van der Waals surface area (Å²) >= 11 is 0. The van der Waals surface area contributed by atoms with Crippen LogP contribution in [0.4, 0.5) is 0 Å². The Morgan fingerprint density at radius 3 is 2.67 bits per heavy atom. The molecule has 2 heteroatoms. The highest BCUT2D eigenvalue weighted by molar-refractivity contribution is 5.29. The summed E-state index contributed by atoms with van der Waals surface area (Å²) in [5.41, 5.74) is 2.28. The molecule has 0 aromatic carbocycles. The van der Waals surface area contributed by atoms with Crippen LogP contribution in [0.3, 0.4) is 0 Å². The van der Waals surface area contributed by atoms with Gasteiger partial charge in [-0.1, -0.05) is 20.8 Å². The van der Waals surface area contributed by atoms with Gasteiger partial charge in [0.25, 0.3) is 0 Å². The zero-order valence-corrected chi connectivity index (χ0v) is 9.79. The number of aromatic nitrogens is 1. The third-order valence-electron chi connectivity index (χ3n) is 2.65. The highest BCUT2D eigenvalue weighted by Gasteiger charge is 2.23. The highest BCUT2D eigenvalue weighted by Crippen LogP contribution is 2.28. The third kappa shape index (κ3) is 2.71. The molecule has 0 bridgehead atoms. The minimum atomic E-state index is 0.470. The normalized spacial score (nSPS) is 15.7. The molecule has 0 amide bonds. The van der Waals surface area contributed by atoms with Crippen LogP contribution < -0.4 is 4.74 Å². The van der Waals surface area contributed by atoms with E-state index in [0.717, 1.165) is 23.6 Å². The van der Waals surface area contributed by atoms with E-state index in [1.807, 2.05) is 0 Å². The summed E-state index contributed by atoms with van der Waals surface area (Å²) in [5.74, 6) is 1.48. The van der Waals surface area contributed by atoms with Crippen molar-refractivity contribution >= 4 is 0 Å². The van der Waals surface area contributed by atoms with Crippen LogP contribution in [-0.2, 0) is 6.42 Å². The SMILES string of the molecule is CCc1cc(OC2CC2)cc(C(C)C)n1. The van der Waals surface area contributed by atoms with Crippen molar-refractivity contribution in [1.82, 2.24) is 4.98 Å². The summed E-state index contributed by atoms with van der Waals surface area (Å²) in [7, 11) is 0. The number of hydrogen-bond donors (Lipinski definition) is 0. The molecule has 2 rings (SSSR count). The van der Waals surface area contributed by atoms with E-state index in [-0.39, 0.29) is 0 Å². The Bertz CT molecular complexity index is 342. The maximum Gasteiger partial charge on any atom is 0.123 e. The molecule has 1 aliphatic carbocycles. The van der Waals surface area contributed by atoms with Crippen LogP contribution >= 0.6 is 0 Å². The van der Waals surface area contributed by atoms with E-state index in [1.54, 1.807) is 0 Å². The van der Waals surface area contributed by atoms with Gasteiger partial charge in [-0.15, -0.1) is 0 Å². The fraction of sp³-hybridized carbons (Fsp3) is 0.615. The first kappa shape index (κ1) is 10.5. The number of ether oxygens (including phenoxy) is 1. The number of nitrogens with zero attached hydrogens (tertiary/aromatic N) is 1. The first-order valence-corrected chi connectivity index (χ1v) is 5.86. The van der Waals surface area contributed by atoms with Crippen molar-refractivity contribution in [2.45, 2.75) is 52.1 Å². The van der Waals surface area contributed by atoms with E-state index in [0.29, 0.717) is 12.0 Å². The van der Waals surface area contributed by atoms with E-state index < -0.39 is 0 Å². The molecule has 82 valence electrons. The van der Waals surface area contributed by atoms with Crippen molar-refractivity contribution in [3.05, 3.63) is 23.5 Å². The standard InChI is InChI=1S/C13H19NO/c1-4-10-7-12(15-11-5-6-11)8-13(14-10)9(2)3/h7-9,11H,4-6H2,1-3H3. The third-order valence-corrected chi connectivity index (χ3v) is 2.65. The van der Waals surface area contributed by atoms with E-state index >= 15 is 0 Å². The van der Waals surface area contributed by atoms with E-state index in [1.165, 1.54) is 12.8 Å². The van der Waals surface area contributed by atoms with Gasteiger partial charge < -0.3 is 4.74 Å². The van der Waals surface area contributed by atoms with Gasteiger partial charge in [0, 0.05) is 23.5 Å². The lowest BCUT2D eigenvalue weighted by Gasteiger charge is -2.11. The molecule has 0 N–H and O–H groups in total. The van der Waals surface area contributed by atoms with Gasteiger partial charge in [-0.2, -0.15) is 0 Å². The van der Waals surface area contributed by atoms with Crippen LogP contribution in [0.25, 0.3) is 0 Å². The molecule has 0 aliphatic heterocycles. The molecular formula is C13H19NO. The van der Waals surface area contributed by atoms with Crippen molar-refractivity contribution in [2.75, 3.05) is 0 Å². The van der Waals surface area contributed by atoms with Gasteiger partial charge >= 0.3 is 0 Å². The Balaban J connectivity index is 2.23. The monoisotopic (exact) mass is 205 g/mol. The van der Waals surface area contributed by atoms with Crippen molar-refractivity contribution in [2.24, 2.45) is 0 Å². The van der Waals surface area contributed by atoms with Crippen LogP contribution in [0.2, 0.25) is 0 Å². The van der Waals surface area contributed by atoms with E-state index in [2.05, 4.69) is 37.9 Å². The first-order valence-electron chi connectivity index (χ1n) is 5.86. The van der Waals surface area contributed by atoms with Crippen LogP contribution in [0.1, 0.15) is 50.9 Å². The van der Waals surface area contributed by atoms with Crippen molar-refractivity contribution in [3.63, 3.8) is 0 Å². The van der Waals surface area contributed by atoms with Crippen LogP contribution in [-0.4, -0.2) is 11.1 Å². The molecule has 0 spiro atoms. The van der Waals surface area contributed by atoms with Crippen molar-refractivity contribution in [1.29, 1.82) is 0 Å². The summed E-state index contributed by atoms with van der Waals surface area (Å²) in [6, 6.07) is 4.16. The highest BCUT2D eigenvalue weighted by atomic mass is 16.5. The van der Waals surface area contributed by atoms with Gasteiger partial charge in [0.05, 0.1) is 6.10 Å². The summed E-state index contributed by atoms with van der Waals surface area (Å²) < 4.78 is 5.82. The molecule has 1 aromatic heterocycles. The minimum absolute atomic E-state index is 0.470. The van der Waals surface area contributed by atoms with Crippen LogP contribution in [0.5, 0.6) is 5.75 Å². The summed E-state index contributed by atoms with van der Waals surface area (Å²) in [6.45, 7) is 6.47. The maximum atomic E-state index is 5.82. The Labute approximate surface area is 91.7 Å². The molecule has 0 radical (unpaired) electrons. The average Bonchev–Trinajstić information content (AvgIpc) is 3.01. The molecule has 1 aliphatic rings. The second-order valence-corrected chi connectivity index (χ2v) is 4.54. The Morgan fingerprint density at radius 1 is 1.40 bits per heavy atom. The molecule has 15 heavy (non-hydrogen) atoms. The first-order chi connectivity index (χ1) is 7.19. The topological polar surface area (TPSA) is 22.1 Å². The largest absolute Gasteiger partial charge is 0.490 e. The Hall–Kier alpha value is -1.05. The second kappa shape index (κ2) is 4.21. The van der Waals surface area contributed by atoms with Crippen LogP contribution in [0.15, 0.2) is 12.1 Å². The summed E-state index contributed by atoms with van der Waals surface area (Å²) in [4.78, 5) is 4.60. The van der Waals surface area contributed by atoms with Crippen molar-refractivity contribution in [3.8, 4) is 5.75 Å². The zero-order valence-electron chi connectivity index (χ0n) is 9.79. The predicted molar refractivity (Wildman–Crippen MR) is 61.4 cm³/mol. The second-order valence-electron chi connectivity index (χ2n) is 4.54. The van der Waals surface area contributed by atoms with Gasteiger partial charge in [-0.3, -0.25) is 4.98 Å². The lowest BCUT2D eigenvalue weighted by atomic mass is 10.1. The fourth-order valence-corrected chi connectivity index (χ4v) is 1.51. The smallest absolute Gasteiger partial charge is 0.123 e. The molecule has 0 unspecified atom stereocenters. The molecular weight excluding hydrogens is 186 g/mol. The molecule has 2 nitrogen and oxygen atoms in total. The predicted octanol–water partition coefficient (Wildman–Crippen LogP) is 3.31. The number of pyridine rings is 1. The molecule has 0 atom stereocenters. The van der Waals surface area contributed by atoms with E-state index in [9.17, 15) is 0 Å². The fourth-order valence-electron chi connectivity index (χ4n) is 1.51. The maximum absolute atomic E-state index is 5.82. The molecule has 1 fully saturated rings.